The summed E-state index contributed by atoms with van der Waals surface area (Å²) in [6.45, 7) is 0. The number of aromatic nitrogens is 2. The smallest absolute Gasteiger partial charge is 0.259 e. The second kappa shape index (κ2) is 5.10. The fourth-order valence-corrected chi connectivity index (χ4v) is 6.32. The molecule has 1 fully saturated rings. The highest BCUT2D eigenvalue weighted by molar-refractivity contribution is 6.39. The lowest BCUT2D eigenvalue weighted by Crippen LogP contribution is -2.20. The topological polar surface area (TPSA) is 65.3 Å². The van der Waals surface area contributed by atoms with Crippen LogP contribution in [-0.2, 0) is 4.74 Å². The average Bonchev–Trinajstić information content (AvgIpc) is 3.45. The van der Waals surface area contributed by atoms with Crippen LogP contribution >= 0.6 is 11.6 Å². The maximum absolute atomic E-state index is 13.1. The van der Waals surface area contributed by atoms with Crippen LogP contribution in [0.2, 0.25) is 0 Å². The lowest BCUT2D eigenvalue weighted by Gasteiger charge is -2.17. The van der Waals surface area contributed by atoms with Crippen molar-refractivity contribution in [1.29, 1.82) is 0 Å². The van der Waals surface area contributed by atoms with Crippen molar-refractivity contribution >= 4 is 67.0 Å². The molecule has 0 aliphatic carbocycles. The van der Waals surface area contributed by atoms with Crippen LogP contribution in [0.4, 0.5) is 0 Å². The van der Waals surface area contributed by atoms with Crippen LogP contribution in [0.15, 0.2) is 48.5 Å². The molecule has 2 aromatic heterocycles. The van der Waals surface area contributed by atoms with Crippen molar-refractivity contribution in [2.75, 3.05) is 0 Å². The number of para-hydroxylation sites is 2. The van der Waals surface area contributed by atoms with Crippen LogP contribution in [-0.4, -0.2) is 26.3 Å². The van der Waals surface area contributed by atoms with E-state index < -0.39 is 0 Å². The van der Waals surface area contributed by atoms with E-state index in [9.17, 15) is 9.59 Å². The maximum atomic E-state index is 13.1. The number of hydrogen-bond acceptors (Lipinski definition) is 3. The number of fused-ring (bicyclic) bond motifs is 13. The Hall–Kier alpha value is -3.35. The first-order valence-electron chi connectivity index (χ1n) is 10.3. The molecule has 0 spiro atoms. The molecule has 5 heterocycles. The maximum Gasteiger partial charge on any atom is 0.259 e. The van der Waals surface area contributed by atoms with E-state index in [-0.39, 0.29) is 29.6 Å². The second-order valence-corrected chi connectivity index (χ2v) is 9.05. The second-order valence-electron chi connectivity index (χ2n) is 8.49. The van der Waals surface area contributed by atoms with Gasteiger partial charge < -0.3 is 13.9 Å². The van der Waals surface area contributed by atoms with Gasteiger partial charge in [-0.15, -0.1) is 11.6 Å². The quantitative estimate of drug-likeness (QED) is 0.284. The van der Waals surface area contributed by atoms with Crippen molar-refractivity contribution in [2.45, 2.75) is 24.3 Å². The van der Waals surface area contributed by atoms with Crippen molar-refractivity contribution in [1.82, 2.24) is 14.5 Å². The van der Waals surface area contributed by atoms with E-state index in [0.717, 1.165) is 43.6 Å². The molecule has 7 heteroatoms. The number of halogens is 1. The number of alkyl halides is 1. The summed E-state index contributed by atoms with van der Waals surface area (Å²) in [7, 11) is 0. The van der Waals surface area contributed by atoms with Gasteiger partial charge in [0.2, 0.25) is 0 Å². The Kier molecular flexibility index (Phi) is 2.69. The van der Waals surface area contributed by atoms with Crippen molar-refractivity contribution < 1.29 is 14.3 Å². The third-order valence-electron chi connectivity index (χ3n) is 7.05. The Morgan fingerprint density at radius 2 is 1.39 bits per heavy atom. The van der Waals surface area contributed by atoms with Gasteiger partial charge in [0.05, 0.1) is 38.6 Å². The summed E-state index contributed by atoms with van der Waals surface area (Å²) in [5.74, 6) is -0.688. The van der Waals surface area contributed by atoms with E-state index in [2.05, 4.69) is 14.5 Å². The SMILES string of the molecule is O=C1NC(=O)c2c1c1c3ccccc3n3c1c1c2c2ccccc2n1[C@@H]1C[C@@H](Cl)C3O1. The van der Waals surface area contributed by atoms with Gasteiger partial charge in [0, 0.05) is 28.0 Å². The first kappa shape index (κ1) is 16.4. The zero-order valence-corrected chi connectivity index (χ0v) is 16.8. The molecule has 150 valence electrons. The molecule has 2 bridgehead atoms. The highest BCUT2D eigenvalue weighted by atomic mass is 35.5. The zero-order chi connectivity index (χ0) is 20.6. The average molecular weight is 428 g/mol. The van der Waals surface area contributed by atoms with Gasteiger partial charge >= 0.3 is 0 Å². The molecule has 2 amide bonds. The Morgan fingerprint density at radius 1 is 0.839 bits per heavy atom. The lowest BCUT2D eigenvalue weighted by molar-refractivity contribution is -0.0221. The van der Waals surface area contributed by atoms with Crippen LogP contribution in [0.3, 0.4) is 0 Å². The van der Waals surface area contributed by atoms with Crippen LogP contribution < -0.4 is 5.32 Å². The number of nitrogens with zero attached hydrogens (tertiary/aromatic N) is 2. The number of carbonyl (C=O) groups excluding carboxylic acids is 2. The van der Waals surface area contributed by atoms with E-state index in [4.69, 9.17) is 16.3 Å². The normalized spacial score (nSPS) is 24.1. The molecule has 1 saturated heterocycles. The molecular formula is C24H14ClN3O3. The molecule has 5 aromatic rings. The number of carbonyl (C=O) groups is 2. The molecular weight excluding hydrogens is 414 g/mol. The van der Waals surface area contributed by atoms with Crippen LogP contribution in [0.5, 0.6) is 0 Å². The number of imide groups is 1. The number of ether oxygens (including phenoxy) is 1. The summed E-state index contributed by atoms with van der Waals surface area (Å²) >= 11 is 6.82. The number of benzene rings is 3. The minimum Gasteiger partial charge on any atom is -0.333 e. The largest absolute Gasteiger partial charge is 0.333 e. The minimum absolute atomic E-state index is 0.211. The molecule has 8 rings (SSSR count). The molecule has 1 unspecified atom stereocenters. The number of rotatable bonds is 0. The Balaban J connectivity index is 1.81. The van der Waals surface area contributed by atoms with Crippen molar-refractivity contribution in [3.8, 4) is 0 Å². The van der Waals surface area contributed by atoms with Crippen LogP contribution in [0, 0.1) is 0 Å². The molecule has 3 atom stereocenters. The summed E-state index contributed by atoms with van der Waals surface area (Å²) < 4.78 is 10.8. The van der Waals surface area contributed by atoms with Crippen molar-refractivity contribution in [3.05, 3.63) is 59.7 Å². The van der Waals surface area contributed by atoms with Crippen LogP contribution in [0.1, 0.15) is 39.6 Å². The summed E-state index contributed by atoms with van der Waals surface area (Å²) in [5, 5.41) is 5.81. The minimum atomic E-state index is -0.353. The first-order valence-corrected chi connectivity index (χ1v) is 10.7. The molecule has 0 saturated carbocycles. The monoisotopic (exact) mass is 427 g/mol. The highest BCUT2D eigenvalue weighted by Gasteiger charge is 2.45. The summed E-state index contributed by atoms with van der Waals surface area (Å²) in [5.41, 5.74) is 4.70. The fraction of sp³-hybridized carbons (Fsp3) is 0.167. The van der Waals surface area contributed by atoms with E-state index in [1.807, 2.05) is 48.5 Å². The summed E-state index contributed by atoms with van der Waals surface area (Å²) in [6, 6.07) is 16.0. The number of hydrogen-bond donors (Lipinski definition) is 1. The predicted octanol–water partition coefficient (Wildman–Crippen LogP) is 4.82. The van der Waals surface area contributed by atoms with Gasteiger partial charge in [0.1, 0.15) is 6.23 Å². The summed E-state index contributed by atoms with van der Waals surface area (Å²) in [6.07, 6.45) is 0.0689. The fourth-order valence-electron chi connectivity index (χ4n) is 5.99. The Labute approximate surface area is 179 Å². The van der Waals surface area contributed by atoms with Gasteiger partial charge in [0.25, 0.3) is 11.8 Å². The number of nitrogens with one attached hydrogen (secondary N) is 1. The third kappa shape index (κ3) is 1.66. The van der Waals surface area contributed by atoms with E-state index in [1.54, 1.807) is 0 Å². The van der Waals surface area contributed by atoms with E-state index in [0.29, 0.717) is 17.5 Å². The number of amides is 2. The van der Waals surface area contributed by atoms with Crippen molar-refractivity contribution in [2.24, 2.45) is 0 Å². The lowest BCUT2D eigenvalue weighted by atomic mass is 9.96. The van der Waals surface area contributed by atoms with Gasteiger partial charge in [-0.2, -0.15) is 0 Å². The standard InChI is InChI=1S/C24H14ClN3O3/c25-12-9-15-27-13-7-3-1-5-10(13)16-18-19(23(30)26-22(18)29)17-11-6-2-4-8-14(11)28(24(12)31-15)21(17)20(16)27/h1-8,12,15,24H,9H2,(H,26,29,30)/t12-,15+,24?/m1/s1. The first-order chi connectivity index (χ1) is 15.1. The molecule has 3 aliphatic heterocycles. The highest BCUT2D eigenvalue weighted by Crippen LogP contribution is 2.53. The third-order valence-corrected chi connectivity index (χ3v) is 7.45. The molecule has 1 N–H and O–H groups in total. The molecule has 0 radical (unpaired) electrons. The Morgan fingerprint density at radius 3 is 2.03 bits per heavy atom. The summed E-state index contributed by atoms with van der Waals surface area (Å²) in [4.78, 5) is 26.1. The molecule has 3 aliphatic rings. The van der Waals surface area contributed by atoms with Crippen LogP contribution in [0.25, 0.3) is 43.6 Å². The zero-order valence-electron chi connectivity index (χ0n) is 16.1. The molecule has 3 aromatic carbocycles. The van der Waals surface area contributed by atoms with Gasteiger partial charge in [-0.25, -0.2) is 0 Å². The predicted molar refractivity (Wildman–Crippen MR) is 118 cm³/mol. The molecule has 31 heavy (non-hydrogen) atoms. The van der Waals surface area contributed by atoms with Gasteiger partial charge in [-0.05, 0) is 12.1 Å². The van der Waals surface area contributed by atoms with Crippen molar-refractivity contribution in [3.63, 3.8) is 0 Å². The van der Waals surface area contributed by atoms with Gasteiger partial charge in [0.15, 0.2) is 6.23 Å². The molecule has 6 nitrogen and oxygen atoms in total. The van der Waals surface area contributed by atoms with E-state index >= 15 is 0 Å². The van der Waals surface area contributed by atoms with Gasteiger partial charge in [-0.1, -0.05) is 36.4 Å². The Bertz CT molecular complexity index is 1700. The van der Waals surface area contributed by atoms with Gasteiger partial charge in [-0.3, -0.25) is 14.9 Å². The van der Waals surface area contributed by atoms with E-state index in [1.165, 1.54) is 0 Å².